The van der Waals surface area contributed by atoms with Gasteiger partial charge < -0.3 is 9.47 Å². The number of esters is 1. The molecule has 0 saturated carbocycles. The standard InChI is InChI=1S/C11H19NO4.ClH/c1-3-16-11(14)9-8-12(6-7-15-2)5-4-10(9)13;/h9H,3-8H2,1-2H3;1H. The van der Waals surface area contributed by atoms with Gasteiger partial charge in [-0.15, -0.1) is 12.4 Å². The molecule has 0 radical (unpaired) electrons. The van der Waals surface area contributed by atoms with Crippen molar-refractivity contribution in [1.82, 2.24) is 4.90 Å². The van der Waals surface area contributed by atoms with Crippen LogP contribution in [0.25, 0.3) is 0 Å². The van der Waals surface area contributed by atoms with Gasteiger partial charge in [0.1, 0.15) is 11.7 Å². The number of methoxy groups -OCH3 is 1. The summed E-state index contributed by atoms with van der Waals surface area (Å²) in [6.45, 7) is 4.59. The Labute approximate surface area is 108 Å². The minimum Gasteiger partial charge on any atom is -0.465 e. The molecule has 17 heavy (non-hydrogen) atoms. The van der Waals surface area contributed by atoms with Crippen LogP contribution in [0.2, 0.25) is 0 Å². The van der Waals surface area contributed by atoms with E-state index in [0.717, 1.165) is 6.54 Å². The van der Waals surface area contributed by atoms with E-state index in [1.807, 2.05) is 0 Å². The number of ketones is 1. The molecule has 0 bridgehead atoms. The average Bonchev–Trinajstić information content (AvgIpc) is 2.28. The molecule has 1 atom stereocenters. The smallest absolute Gasteiger partial charge is 0.317 e. The van der Waals surface area contributed by atoms with Crippen molar-refractivity contribution in [2.24, 2.45) is 5.92 Å². The van der Waals surface area contributed by atoms with Gasteiger partial charge in [0.15, 0.2) is 0 Å². The molecule has 1 heterocycles. The third-order valence-corrected chi connectivity index (χ3v) is 2.69. The van der Waals surface area contributed by atoms with E-state index in [9.17, 15) is 9.59 Å². The highest BCUT2D eigenvalue weighted by atomic mass is 35.5. The van der Waals surface area contributed by atoms with Gasteiger partial charge in [-0.3, -0.25) is 14.5 Å². The van der Waals surface area contributed by atoms with Crippen LogP contribution in [0.4, 0.5) is 0 Å². The first-order chi connectivity index (χ1) is 7.69. The van der Waals surface area contributed by atoms with Crippen LogP contribution < -0.4 is 0 Å². The SMILES string of the molecule is CCOC(=O)C1CN(CCOC)CCC1=O.Cl. The minimum absolute atomic E-state index is 0. The quantitative estimate of drug-likeness (QED) is 0.536. The Balaban J connectivity index is 0.00000256. The van der Waals surface area contributed by atoms with Crippen LogP contribution in [0.15, 0.2) is 0 Å². The predicted molar refractivity (Wildman–Crippen MR) is 65.3 cm³/mol. The molecule has 100 valence electrons. The summed E-state index contributed by atoms with van der Waals surface area (Å²) in [6.07, 6.45) is 0.424. The van der Waals surface area contributed by atoms with E-state index in [1.165, 1.54) is 0 Å². The van der Waals surface area contributed by atoms with Gasteiger partial charge in [0, 0.05) is 33.2 Å². The zero-order valence-corrected chi connectivity index (χ0v) is 11.1. The van der Waals surface area contributed by atoms with Gasteiger partial charge in [0.05, 0.1) is 13.2 Å². The lowest BCUT2D eigenvalue weighted by Crippen LogP contribution is -2.45. The zero-order valence-electron chi connectivity index (χ0n) is 10.3. The Morgan fingerprint density at radius 3 is 2.82 bits per heavy atom. The van der Waals surface area contributed by atoms with E-state index in [-0.39, 0.29) is 18.2 Å². The van der Waals surface area contributed by atoms with Crippen molar-refractivity contribution in [2.75, 3.05) is 40.0 Å². The maximum Gasteiger partial charge on any atom is 0.317 e. The van der Waals surface area contributed by atoms with Crippen LogP contribution in [0.1, 0.15) is 13.3 Å². The lowest BCUT2D eigenvalue weighted by molar-refractivity contribution is -0.154. The van der Waals surface area contributed by atoms with Crippen molar-refractivity contribution in [3.63, 3.8) is 0 Å². The molecule has 0 amide bonds. The van der Waals surface area contributed by atoms with Gasteiger partial charge in [0.25, 0.3) is 0 Å². The van der Waals surface area contributed by atoms with E-state index in [0.29, 0.717) is 32.7 Å². The summed E-state index contributed by atoms with van der Waals surface area (Å²) in [4.78, 5) is 25.2. The minimum atomic E-state index is -0.606. The lowest BCUT2D eigenvalue weighted by atomic mass is 9.96. The van der Waals surface area contributed by atoms with Gasteiger partial charge in [0.2, 0.25) is 0 Å². The number of halogens is 1. The maximum absolute atomic E-state index is 11.6. The highest BCUT2D eigenvalue weighted by molar-refractivity contribution is 5.99. The fourth-order valence-electron chi connectivity index (χ4n) is 1.77. The van der Waals surface area contributed by atoms with Crippen LogP contribution in [-0.4, -0.2) is 56.6 Å². The number of Topliss-reactive ketones (excluding diaryl/α,β-unsaturated/α-hetero) is 1. The Morgan fingerprint density at radius 2 is 2.24 bits per heavy atom. The molecule has 0 aliphatic carbocycles. The van der Waals surface area contributed by atoms with Crippen molar-refractivity contribution < 1.29 is 19.1 Å². The van der Waals surface area contributed by atoms with Gasteiger partial charge >= 0.3 is 5.97 Å². The number of likely N-dealkylation sites (tertiary alicyclic amines) is 1. The van der Waals surface area contributed by atoms with Crippen LogP contribution in [0, 0.1) is 5.92 Å². The van der Waals surface area contributed by atoms with Crippen molar-refractivity contribution in [2.45, 2.75) is 13.3 Å². The normalized spacial score (nSPS) is 20.8. The van der Waals surface area contributed by atoms with E-state index < -0.39 is 11.9 Å². The zero-order chi connectivity index (χ0) is 12.0. The van der Waals surface area contributed by atoms with Crippen LogP contribution in [0.3, 0.4) is 0 Å². The summed E-state index contributed by atoms with van der Waals surface area (Å²) in [6, 6.07) is 0. The molecule has 0 aromatic heterocycles. The maximum atomic E-state index is 11.6. The van der Waals surface area contributed by atoms with Gasteiger partial charge in [-0.2, -0.15) is 0 Å². The van der Waals surface area contributed by atoms with Crippen molar-refractivity contribution in [3.05, 3.63) is 0 Å². The summed E-state index contributed by atoms with van der Waals surface area (Å²) < 4.78 is 9.86. The first-order valence-corrected chi connectivity index (χ1v) is 5.59. The van der Waals surface area contributed by atoms with Crippen LogP contribution in [0.5, 0.6) is 0 Å². The second-order valence-corrected chi connectivity index (χ2v) is 3.81. The third-order valence-electron chi connectivity index (χ3n) is 2.69. The van der Waals surface area contributed by atoms with Crippen molar-refractivity contribution >= 4 is 24.2 Å². The lowest BCUT2D eigenvalue weighted by Gasteiger charge is -2.30. The Morgan fingerprint density at radius 1 is 1.53 bits per heavy atom. The number of carbonyl (C=O) groups excluding carboxylic acids is 2. The first-order valence-electron chi connectivity index (χ1n) is 5.59. The summed E-state index contributed by atoms with van der Waals surface area (Å²) in [5.41, 5.74) is 0. The molecule has 0 N–H and O–H groups in total. The molecule has 0 aromatic rings. The number of hydrogen-bond acceptors (Lipinski definition) is 5. The summed E-state index contributed by atoms with van der Waals surface area (Å²) >= 11 is 0. The molecule has 6 heteroatoms. The molecular formula is C11H20ClNO4. The molecule has 5 nitrogen and oxygen atoms in total. The second-order valence-electron chi connectivity index (χ2n) is 3.81. The monoisotopic (exact) mass is 265 g/mol. The van der Waals surface area contributed by atoms with Crippen LogP contribution >= 0.6 is 12.4 Å². The molecule has 1 unspecified atom stereocenters. The number of piperidine rings is 1. The molecule has 1 rings (SSSR count). The predicted octanol–water partition coefficient (Wildman–Crippen LogP) is 0.509. The van der Waals surface area contributed by atoms with Gasteiger partial charge in [-0.1, -0.05) is 0 Å². The van der Waals surface area contributed by atoms with Crippen molar-refractivity contribution in [3.8, 4) is 0 Å². The highest BCUT2D eigenvalue weighted by Gasteiger charge is 2.33. The second kappa shape index (κ2) is 8.44. The third kappa shape index (κ3) is 5.02. The number of rotatable bonds is 5. The molecule has 1 aliphatic rings. The Bertz CT molecular complexity index is 260. The van der Waals surface area contributed by atoms with Crippen molar-refractivity contribution in [1.29, 1.82) is 0 Å². The van der Waals surface area contributed by atoms with E-state index in [2.05, 4.69) is 4.90 Å². The highest BCUT2D eigenvalue weighted by Crippen LogP contribution is 2.14. The fourth-order valence-corrected chi connectivity index (χ4v) is 1.77. The fraction of sp³-hybridized carbons (Fsp3) is 0.818. The Hall–Kier alpha value is -0.650. The number of ether oxygens (including phenoxy) is 2. The largest absolute Gasteiger partial charge is 0.465 e. The molecule has 0 aromatic carbocycles. The summed E-state index contributed by atoms with van der Waals surface area (Å²) in [5.74, 6) is -1.01. The Kier molecular flexibility index (Phi) is 8.12. The van der Waals surface area contributed by atoms with E-state index in [4.69, 9.17) is 9.47 Å². The molecule has 1 saturated heterocycles. The average molecular weight is 266 g/mol. The number of nitrogens with zero attached hydrogens (tertiary/aromatic N) is 1. The molecule has 1 aliphatic heterocycles. The summed E-state index contributed by atoms with van der Waals surface area (Å²) in [7, 11) is 1.64. The van der Waals surface area contributed by atoms with E-state index >= 15 is 0 Å². The number of hydrogen-bond donors (Lipinski definition) is 0. The molecule has 1 fully saturated rings. The van der Waals surface area contributed by atoms with Crippen LogP contribution in [-0.2, 0) is 19.1 Å². The van der Waals surface area contributed by atoms with Gasteiger partial charge in [-0.25, -0.2) is 0 Å². The van der Waals surface area contributed by atoms with E-state index in [1.54, 1.807) is 14.0 Å². The van der Waals surface area contributed by atoms with Gasteiger partial charge in [-0.05, 0) is 6.92 Å². The topological polar surface area (TPSA) is 55.8 Å². The molecular weight excluding hydrogens is 246 g/mol. The summed E-state index contributed by atoms with van der Waals surface area (Å²) in [5, 5.41) is 0. The molecule has 0 spiro atoms. The number of carbonyl (C=O) groups is 2. The first kappa shape index (κ1) is 16.4.